The summed E-state index contributed by atoms with van der Waals surface area (Å²) in [6.07, 6.45) is -1.91. The molecule has 0 saturated carbocycles. The quantitative estimate of drug-likeness (QED) is 0.900. The minimum absolute atomic E-state index is 0.0817. The molecule has 130 valence electrons. The number of nitrogens with zero attached hydrogens (tertiary/aromatic N) is 3. The minimum Gasteiger partial charge on any atom is -0.506 e. The Morgan fingerprint density at radius 1 is 1.38 bits per heavy atom. The van der Waals surface area contributed by atoms with Crippen LogP contribution in [0.2, 0.25) is 0 Å². The lowest BCUT2D eigenvalue weighted by Gasteiger charge is -2.31. The fraction of sp³-hybridized carbons (Fsp3) is 0.500. The Kier molecular flexibility index (Phi) is 4.49. The lowest BCUT2D eigenvalue weighted by atomic mass is 9.97. The molecule has 0 radical (unpaired) electrons. The molecule has 0 aromatic carbocycles. The van der Waals surface area contributed by atoms with E-state index in [1.54, 1.807) is 12.1 Å². The second kappa shape index (κ2) is 6.43. The van der Waals surface area contributed by atoms with Gasteiger partial charge in [0.05, 0.1) is 11.9 Å². The summed E-state index contributed by atoms with van der Waals surface area (Å²) in [7, 11) is 0. The average molecular weight is 340 g/mol. The second-order valence-corrected chi connectivity index (χ2v) is 6.17. The van der Waals surface area contributed by atoms with Crippen LogP contribution in [0.3, 0.4) is 0 Å². The molecule has 3 rings (SSSR count). The van der Waals surface area contributed by atoms with Crippen molar-refractivity contribution in [1.29, 1.82) is 0 Å². The molecule has 1 aliphatic heterocycles. The number of likely N-dealkylation sites (tertiary alicyclic amines) is 1. The highest BCUT2D eigenvalue weighted by molar-refractivity contribution is 5.27. The van der Waals surface area contributed by atoms with Crippen LogP contribution in [0.25, 0.3) is 0 Å². The topological polar surface area (TPSA) is 65.0 Å². The first-order valence-corrected chi connectivity index (χ1v) is 7.83. The lowest BCUT2D eigenvalue weighted by Crippen LogP contribution is -2.34. The van der Waals surface area contributed by atoms with Crippen molar-refractivity contribution in [3.05, 3.63) is 41.2 Å². The van der Waals surface area contributed by atoms with Crippen LogP contribution in [0.15, 0.2) is 18.3 Å². The summed E-state index contributed by atoms with van der Waals surface area (Å²) < 4.78 is 38.1. The molecule has 2 aromatic heterocycles. The molecule has 1 fully saturated rings. The van der Waals surface area contributed by atoms with Gasteiger partial charge in [0.15, 0.2) is 0 Å². The molecule has 3 heterocycles. The van der Waals surface area contributed by atoms with E-state index in [0.29, 0.717) is 24.6 Å². The van der Waals surface area contributed by atoms with Crippen molar-refractivity contribution in [2.45, 2.75) is 38.4 Å². The molecule has 8 heteroatoms. The Bertz CT molecular complexity index is 714. The largest absolute Gasteiger partial charge is 0.506 e. The number of alkyl halides is 3. The third-order valence-corrected chi connectivity index (χ3v) is 4.26. The van der Waals surface area contributed by atoms with Gasteiger partial charge in [0, 0.05) is 24.7 Å². The smallest absolute Gasteiger partial charge is 0.432 e. The number of aromatic hydroxyl groups is 1. The normalized spacial score (nSPS) is 19.6. The number of hydrogen-bond acceptors (Lipinski definition) is 4. The van der Waals surface area contributed by atoms with Crippen LogP contribution in [0.5, 0.6) is 5.75 Å². The maximum Gasteiger partial charge on any atom is 0.432 e. The molecule has 0 bridgehead atoms. The number of hydrogen-bond donors (Lipinski definition) is 2. The summed E-state index contributed by atoms with van der Waals surface area (Å²) in [5, 5.41) is 9.91. The van der Waals surface area contributed by atoms with Crippen molar-refractivity contribution in [3.8, 4) is 5.75 Å². The van der Waals surface area contributed by atoms with E-state index in [1.165, 1.54) is 0 Å². The molecular formula is C16H19F3N4O. The summed E-state index contributed by atoms with van der Waals surface area (Å²) >= 11 is 0. The second-order valence-electron chi connectivity index (χ2n) is 6.17. The molecule has 1 saturated heterocycles. The number of pyridine rings is 1. The third kappa shape index (κ3) is 3.69. The zero-order chi connectivity index (χ0) is 17.3. The number of aryl methyl sites for hydroxylation is 1. The van der Waals surface area contributed by atoms with E-state index in [2.05, 4.69) is 19.9 Å². The van der Waals surface area contributed by atoms with Gasteiger partial charge in [0.2, 0.25) is 0 Å². The van der Waals surface area contributed by atoms with E-state index in [-0.39, 0.29) is 11.7 Å². The molecule has 2 N–H and O–H groups in total. The first-order valence-electron chi connectivity index (χ1n) is 7.83. The molecule has 0 aliphatic carbocycles. The number of halogens is 3. The minimum atomic E-state index is -4.41. The van der Waals surface area contributed by atoms with E-state index < -0.39 is 11.9 Å². The van der Waals surface area contributed by atoms with Gasteiger partial charge in [-0.15, -0.1) is 0 Å². The standard InChI is InChI=1S/C16H19F3N4O/c1-10-4-5-13(24)12(21-10)9-23-6-2-3-11(8-23)15-20-7-14(22-15)16(17,18)19/h4-5,7,11,24H,2-3,6,8-9H2,1H3,(H,20,22)/t11-/m1/s1. The van der Waals surface area contributed by atoms with Crippen molar-refractivity contribution in [2.75, 3.05) is 13.1 Å². The fourth-order valence-corrected chi connectivity index (χ4v) is 3.04. The van der Waals surface area contributed by atoms with Crippen molar-refractivity contribution in [3.63, 3.8) is 0 Å². The predicted molar refractivity (Wildman–Crippen MR) is 81.5 cm³/mol. The number of nitrogens with one attached hydrogen (secondary N) is 1. The number of H-pyrrole nitrogens is 1. The molecule has 1 aliphatic rings. The Labute approximate surface area is 137 Å². The zero-order valence-corrected chi connectivity index (χ0v) is 13.3. The van der Waals surface area contributed by atoms with Gasteiger partial charge in [0.25, 0.3) is 0 Å². The van der Waals surface area contributed by atoms with Gasteiger partial charge in [0.1, 0.15) is 17.3 Å². The molecular weight excluding hydrogens is 321 g/mol. The van der Waals surface area contributed by atoms with Gasteiger partial charge in [-0.25, -0.2) is 4.98 Å². The monoisotopic (exact) mass is 340 g/mol. The van der Waals surface area contributed by atoms with Crippen molar-refractivity contribution in [2.24, 2.45) is 0 Å². The van der Waals surface area contributed by atoms with E-state index in [9.17, 15) is 18.3 Å². The zero-order valence-electron chi connectivity index (χ0n) is 13.3. The Balaban J connectivity index is 1.70. The number of aromatic nitrogens is 3. The highest BCUT2D eigenvalue weighted by atomic mass is 19.4. The molecule has 0 unspecified atom stereocenters. The fourth-order valence-electron chi connectivity index (χ4n) is 3.04. The maximum absolute atomic E-state index is 12.7. The van der Waals surface area contributed by atoms with Gasteiger partial charge in [-0.2, -0.15) is 13.2 Å². The highest BCUT2D eigenvalue weighted by Gasteiger charge is 2.34. The number of imidazole rings is 1. The lowest BCUT2D eigenvalue weighted by molar-refractivity contribution is -0.141. The van der Waals surface area contributed by atoms with Crippen LogP contribution in [0.4, 0.5) is 13.2 Å². The Morgan fingerprint density at radius 2 is 2.17 bits per heavy atom. The summed E-state index contributed by atoms with van der Waals surface area (Å²) in [4.78, 5) is 12.7. The van der Waals surface area contributed by atoms with Crippen LogP contribution >= 0.6 is 0 Å². The SMILES string of the molecule is Cc1ccc(O)c(CN2CCC[C@@H](c3ncc(C(F)(F)F)[nH]3)C2)n1. The number of piperidine rings is 1. The van der Waals surface area contributed by atoms with Crippen LogP contribution in [-0.2, 0) is 12.7 Å². The first-order chi connectivity index (χ1) is 11.3. The van der Waals surface area contributed by atoms with Gasteiger partial charge >= 0.3 is 6.18 Å². The van der Waals surface area contributed by atoms with Crippen molar-refractivity contribution < 1.29 is 18.3 Å². The van der Waals surface area contributed by atoms with E-state index in [4.69, 9.17) is 0 Å². The van der Waals surface area contributed by atoms with Gasteiger partial charge in [-0.3, -0.25) is 9.88 Å². The highest BCUT2D eigenvalue weighted by Crippen LogP contribution is 2.31. The maximum atomic E-state index is 12.7. The summed E-state index contributed by atoms with van der Waals surface area (Å²) in [5.74, 6) is 0.426. The van der Waals surface area contributed by atoms with Gasteiger partial charge in [-0.05, 0) is 38.4 Å². The van der Waals surface area contributed by atoms with Crippen molar-refractivity contribution in [1.82, 2.24) is 19.9 Å². The molecule has 0 amide bonds. The van der Waals surface area contributed by atoms with E-state index >= 15 is 0 Å². The summed E-state index contributed by atoms with van der Waals surface area (Å²) in [5.41, 5.74) is 0.593. The predicted octanol–water partition coefficient (Wildman–Crippen LogP) is 3.22. The molecule has 24 heavy (non-hydrogen) atoms. The summed E-state index contributed by atoms with van der Waals surface area (Å²) in [6.45, 7) is 3.72. The third-order valence-electron chi connectivity index (χ3n) is 4.26. The average Bonchev–Trinajstić information content (AvgIpc) is 3.01. The Morgan fingerprint density at radius 3 is 2.88 bits per heavy atom. The van der Waals surface area contributed by atoms with Crippen LogP contribution in [0, 0.1) is 6.92 Å². The van der Waals surface area contributed by atoms with E-state index in [1.807, 2.05) is 6.92 Å². The van der Waals surface area contributed by atoms with Crippen LogP contribution < -0.4 is 0 Å². The molecule has 1 atom stereocenters. The number of aromatic amines is 1. The van der Waals surface area contributed by atoms with Crippen LogP contribution in [0.1, 0.15) is 41.7 Å². The van der Waals surface area contributed by atoms with E-state index in [0.717, 1.165) is 31.3 Å². The summed E-state index contributed by atoms with van der Waals surface area (Å²) in [6, 6.07) is 3.35. The first kappa shape index (κ1) is 16.8. The molecule has 5 nitrogen and oxygen atoms in total. The Hall–Kier alpha value is -2.09. The van der Waals surface area contributed by atoms with Crippen molar-refractivity contribution >= 4 is 0 Å². The molecule has 0 spiro atoms. The molecule has 2 aromatic rings. The van der Waals surface area contributed by atoms with Gasteiger partial charge < -0.3 is 10.1 Å². The number of rotatable bonds is 3. The van der Waals surface area contributed by atoms with Crippen LogP contribution in [-0.4, -0.2) is 38.0 Å². The van der Waals surface area contributed by atoms with Gasteiger partial charge in [-0.1, -0.05) is 0 Å².